The second-order valence-corrected chi connectivity index (χ2v) is 4.66. The molecule has 1 atom stereocenters. The molecule has 0 fully saturated rings. The third-order valence-electron chi connectivity index (χ3n) is 3.02. The van der Waals surface area contributed by atoms with Gasteiger partial charge in [-0.3, -0.25) is 9.78 Å². The lowest BCUT2D eigenvalue weighted by Gasteiger charge is -2.12. The van der Waals surface area contributed by atoms with Gasteiger partial charge in [0.25, 0.3) is 5.91 Å². The van der Waals surface area contributed by atoms with Crippen LogP contribution in [0.25, 0.3) is 0 Å². The van der Waals surface area contributed by atoms with Gasteiger partial charge in [-0.25, -0.2) is 9.78 Å². The van der Waals surface area contributed by atoms with Crippen LogP contribution in [0.2, 0.25) is 0 Å². The Bertz CT molecular complexity index is 730. The Kier molecular flexibility index (Phi) is 4.47. The number of carbonyl (C=O) groups excluding carboxylic acids is 1. The first kappa shape index (κ1) is 15.6. The molecule has 0 aliphatic rings. The summed E-state index contributed by atoms with van der Waals surface area (Å²) in [6.45, 7) is 1.77. The fourth-order valence-electron chi connectivity index (χ4n) is 1.93. The second-order valence-electron chi connectivity index (χ2n) is 4.66. The molecule has 0 spiro atoms. The van der Waals surface area contributed by atoms with Crippen molar-refractivity contribution in [3.8, 4) is 0 Å². The highest BCUT2D eigenvalue weighted by molar-refractivity contribution is 5.95. The minimum atomic E-state index is -1.22. The molecular formula is C15H15N3O4. The second kappa shape index (κ2) is 6.31. The highest BCUT2D eigenvalue weighted by atomic mass is 16.4. The number of aliphatic hydroxyl groups is 1. The van der Waals surface area contributed by atoms with Crippen molar-refractivity contribution in [2.45, 2.75) is 13.0 Å². The maximum atomic E-state index is 11.7. The summed E-state index contributed by atoms with van der Waals surface area (Å²) in [6.07, 6.45) is -1.22. The molecule has 2 aromatic heterocycles. The Morgan fingerprint density at radius 2 is 1.91 bits per heavy atom. The number of aromatic nitrogens is 2. The summed E-state index contributed by atoms with van der Waals surface area (Å²) in [5, 5.41) is 21.9. The van der Waals surface area contributed by atoms with Gasteiger partial charge >= 0.3 is 5.97 Å². The number of carboxylic acids is 1. The van der Waals surface area contributed by atoms with Crippen LogP contribution in [0.1, 0.15) is 44.0 Å². The number of amides is 1. The van der Waals surface area contributed by atoms with E-state index in [2.05, 4.69) is 15.3 Å². The number of rotatable bonds is 4. The topological polar surface area (TPSA) is 112 Å². The van der Waals surface area contributed by atoms with Gasteiger partial charge in [-0.1, -0.05) is 6.07 Å². The molecule has 2 heterocycles. The lowest BCUT2D eigenvalue weighted by molar-refractivity contribution is 0.0696. The molecule has 0 saturated carbocycles. The van der Waals surface area contributed by atoms with Crippen molar-refractivity contribution in [2.75, 3.05) is 7.05 Å². The van der Waals surface area contributed by atoms with Crippen LogP contribution in [-0.2, 0) is 0 Å². The van der Waals surface area contributed by atoms with E-state index in [9.17, 15) is 14.7 Å². The van der Waals surface area contributed by atoms with Gasteiger partial charge in [0.2, 0.25) is 0 Å². The Morgan fingerprint density at radius 1 is 1.18 bits per heavy atom. The van der Waals surface area contributed by atoms with Crippen molar-refractivity contribution < 1.29 is 19.8 Å². The monoisotopic (exact) mass is 301 g/mol. The standard InChI is InChI=1S/C15H15N3O4/c1-8-4-3-5-10(17-8)13(19)11-6-9(15(21)22)7-12(18-11)14(20)16-2/h3-7,13,19H,1-2H3,(H,16,20)(H,21,22). The molecule has 114 valence electrons. The van der Waals surface area contributed by atoms with Gasteiger partial charge in [-0.15, -0.1) is 0 Å². The van der Waals surface area contributed by atoms with Crippen molar-refractivity contribution in [1.82, 2.24) is 15.3 Å². The first-order chi connectivity index (χ1) is 10.4. The summed E-state index contributed by atoms with van der Waals surface area (Å²) in [7, 11) is 1.41. The van der Waals surface area contributed by atoms with Gasteiger partial charge in [0.15, 0.2) is 0 Å². The van der Waals surface area contributed by atoms with Crippen molar-refractivity contribution in [3.63, 3.8) is 0 Å². The van der Waals surface area contributed by atoms with Crippen molar-refractivity contribution >= 4 is 11.9 Å². The van der Waals surface area contributed by atoms with E-state index in [0.717, 1.165) is 6.07 Å². The van der Waals surface area contributed by atoms with Gasteiger partial charge in [0.05, 0.1) is 17.0 Å². The molecule has 1 unspecified atom stereocenters. The smallest absolute Gasteiger partial charge is 0.335 e. The molecule has 7 heteroatoms. The fraction of sp³-hybridized carbons (Fsp3) is 0.200. The lowest BCUT2D eigenvalue weighted by Crippen LogP contribution is -2.21. The van der Waals surface area contributed by atoms with E-state index >= 15 is 0 Å². The predicted molar refractivity (Wildman–Crippen MR) is 77.6 cm³/mol. The minimum absolute atomic E-state index is 0.0524. The van der Waals surface area contributed by atoms with E-state index in [0.29, 0.717) is 11.4 Å². The summed E-state index contributed by atoms with van der Waals surface area (Å²) in [4.78, 5) is 31.1. The van der Waals surface area contributed by atoms with Crippen molar-refractivity contribution in [3.05, 3.63) is 58.7 Å². The van der Waals surface area contributed by atoms with Crippen LogP contribution in [0.3, 0.4) is 0 Å². The molecule has 0 bridgehead atoms. The first-order valence-corrected chi connectivity index (χ1v) is 6.51. The van der Waals surface area contributed by atoms with Crippen LogP contribution < -0.4 is 5.32 Å². The van der Waals surface area contributed by atoms with E-state index in [1.807, 2.05) is 0 Å². The third kappa shape index (κ3) is 3.26. The number of nitrogens with one attached hydrogen (secondary N) is 1. The zero-order valence-corrected chi connectivity index (χ0v) is 12.1. The number of aliphatic hydroxyl groups excluding tert-OH is 1. The van der Waals surface area contributed by atoms with Crippen LogP contribution in [0.5, 0.6) is 0 Å². The summed E-state index contributed by atoms with van der Waals surface area (Å²) in [5.41, 5.74) is 0.881. The Balaban J connectivity index is 2.51. The SMILES string of the molecule is CNC(=O)c1cc(C(=O)O)cc(C(O)c2cccc(C)n2)n1. The molecule has 2 aromatic rings. The highest BCUT2D eigenvalue weighted by Gasteiger charge is 2.19. The number of nitrogens with zero attached hydrogens (tertiary/aromatic N) is 2. The van der Waals surface area contributed by atoms with Crippen LogP contribution >= 0.6 is 0 Å². The summed E-state index contributed by atoms with van der Waals surface area (Å²) < 4.78 is 0. The first-order valence-electron chi connectivity index (χ1n) is 6.51. The Hall–Kier alpha value is -2.80. The maximum Gasteiger partial charge on any atom is 0.335 e. The number of aromatic carboxylic acids is 1. The number of hydrogen-bond acceptors (Lipinski definition) is 5. The zero-order valence-electron chi connectivity index (χ0n) is 12.1. The molecule has 2 rings (SSSR count). The van der Waals surface area contributed by atoms with Crippen LogP contribution in [-0.4, -0.2) is 39.1 Å². The summed E-state index contributed by atoms with van der Waals surface area (Å²) in [5.74, 6) is -1.74. The molecule has 0 radical (unpaired) electrons. The highest BCUT2D eigenvalue weighted by Crippen LogP contribution is 2.20. The maximum absolute atomic E-state index is 11.7. The van der Waals surface area contributed by atoms with E-state index in [4.69, 9.17) is 5.11 Å². The van der Waals surface area contributed by atoms with E-state index in [1.165, 1.54) is 13.1 Å². The quantitative estimate of drug-likeness (QED) is 0.774. The molecule has 7 nitrogen and oxygen atoms in total. The van der Waals surface area contributed by atoms with E-state index in [1.54, 1.807) is 25.1 Å². The Morgan fingerprint density at radius 3 is 2.50 bits per heavy atom. The predicted octanol–water partition coefficient (Wildman–Crippen LogP) is 0.925. The van der Waals surface area contributed by atoms with Gasteiger partial charge in [-0.05, 0) is 31.2 Å². The van der Waals surface area contributed by atoms with Gasteiger partial charge in [-0.2, -0.15) is 0 Å². The number of hydrogen-bond donors (Lipinski definition) is 3. The van der Waals surface area contributed by atoms with Crippen molar-refractivity contribution in [2.24, 2.45) is 0 Å². The zero-order chi connectivity index (χ0) is 16.3. The Labute approximate surface area is 126 Å². The average molecular weight is 301 g/mol. The molecule has 22 heavy (non-hydrogen) atoms. The molecule has 0 aliphatic heterocycles. The molecule has 0 saturated heterocycles. The number of aryl methyl sites for hydroxylation is 1. The molecule has 1 amide bonds. The molecule has 3 N–H and O–H groups in total. The average Bonchev–Trinajstić information content (AvgIpc) is 2.52. The third-order valence-corrected chi connectivity index (χ3v) is 3.02. The van der Waals surface area contributed by atoms with Gasteiger partial charge < -0.3 is 15.5 Å². The van der Waals surface area contributed by atoms with Gasteiger partial charge in [0.1, 0.15) is 11.8 Å². The normalized spacial score (nSPS) is 11.8. The molecule has 0 aliphatic carbocycles. The number of carbonyl (C=O) groups is 2. The van der Waals surface area contributed by atoms with Crippen LogP contribution in [0.15, 0.2) is 30.3 Å². The number of carboxylic acid groups (broad SMARTS) is 1. The van der Waals surface area contributed by atoms with E-state index in [-0.39, 0.29) is 17.0 Å². The summed E-state index contributed by atoms with van der Waals surface area (Å²) in [6, 6.07) is 7.48. The van der Waals surface area contributed by atoms with Crippen LogP contribution in [0.4, 0.5) is 0 Å². The van der Waals surface area contributed by atoms with Crippen LogP contribution in [0, 0.1) is 6.92 Å². The van der Waals surface area contributed by atoms with Gasteiger partial charge in [0, 0.05) is 12.7 Å². The minimum Gasteiger partial charge on any atom is -0.478 e. The molecule has 0 aromatic carbocycles. The lowest BCUT2D eigenvalue weighted by atomic mass is 10.1. The largest absolute Gasteiger partial charge is 0.478 e. The fourth-order valence-corrected chi connectivity index (χ4v) is 1.93. The van der Waals surface area contributed by atoms with Crippen molar-refractivity contribution in [1.29, 1.82) is 0 Å². The number of pyridine rings is 2. The van der Waals surface area contributed by atoms with E-state index < -0.39 is 18.0 Å². The summed E-state index contributed by atoms with van der Waals surface area (Å²) >= 11 is 0. The molecular weight excluding hydrogens is 286 g/mol.